The number of hydrogen-bond donors (Lipinski definition) is 2. The number of carbonyl (C=O) groups excluding carboxylic acids is 1. The number of aromatic nitrogens is 4. The number of nitrogens with one attached hydrogen (secondary N) is 2. The summed E-state index contributed by atoms with van der Waals surface area (Å²) in [6, 6.07) is 0.709. The van der Waals surface area contributed by atoms with E-state index in [-0.39, 0.29) is 5.91 Å². The quantitative estimate of drug-likeness (QED) is 0.841. The zero-order valence-electron chi connectivity index (χ0n) is 14.7. The molecule has 8 heteroatoms. The van der Waals surface area contributed by atoms with E-state index in [4.69, 9.17) is 0 Å². The van der Waals surface area contributed by atoms with Crippen LogP contribution in [0.15, 0.2) is 6.33 Å². The van der Waals surface area contributed by atoms with Gasteiger partial charge in [0.2, 0.25) is 11.6 Å². The summed E-state index contributed by atoms with van der Waals surface area (Å²) in [6.45, 7) is 4.85. The van der Waals surface area contributed by atoms with Crippen LogP contribution in [0.4, 0.5) is 5.69 Å². The topological polar surface area (TPSA) is 87.5 Å². The molecule has 0 saturated carbocycles. The average Bonchev–Trinajstić information content (AvgIpc) is 3.16. The Balaban J connectivity index is 1.70. The molecule has 1 saturated heterocycles. The predicted octanol–water partition coefficient (Wildman–Crippen LogP) is 0.752. The van der Waals surface area contributed by atoms with Gasteiger partial charge in [-0.2, -0.15) is 9.61 Å². The third kappa shape index (κ3) is 3.06. The van der Waals surface area contributed by atoms with E-state index in [9.17, 15) is 4.79 Å². The van der Waals surface area contributed by atoms with Crippen LogP contribution >= 0.6 is 0 Å². The molecule has 130 valence electrons. The van der Waals surface area contributed by atoms with Gasteiger partial charge in [-0.25, -0.2) is 0 Å². The smallest absolute Gasteiger partial charge is 0.221 e. The average molecular weight is 331 g/mol. The summed E-state index contributed by atoms with van der Waals surface area (Å²) < 4.78 is 1.71. The van der Waals surface area contributed by atoms with E-state index in [2.05, 4.69) is 37.9 Å². The van der Waals surface area contributed by atoms with Crippen molar-refractivity contribution < 1.29 is 4.79 Å². The van der Waals surface area contributed by atoms with E-state index >= 15 is 0 Å². The van der Waals surface area contributed by atoms with Gasteiger partial charge in [0.25, 0.3) is 0 Å². The first kappa shape index (κ1) is 16.6. The summed E-state index contributed by atoms with van der Waals surface area (Å²) in [7, 11) is 3.79. The third-order valence-electron chi connectivity index (χ3n) is 5.13. The summed E-state index contributed by atoms with van der Waals surface area (Å²) in [5, 5.41) is 18.8. The number of hydrogen-bond acceptors (Lipinski definition) is 6. The molecule has 0 spiro atoms. The molecular formula is C16H25N7O. The molecule has 0 aliphatic carbocycles. The van der Waals surface area contributed by atoms with Crippen molar-refractivity contribution in [1.82, 2.24) is 30.0 Å². The van der Waals surface area contributed by atoms with Crippen molar-refractivity contribution in [2.24, 2.45) is 0 Å². The maximum atomic E-state index is 11.6. The zero-order valence-corrected chi connectivity index (χ0v) is 14.7. The molecule has 24 heavy (non-hydrogen) atoms. The van der Waals surface area contributed by atoms with E-state index in [1.54, 1.807) is 17.9 Å². The van der Waals surface area contributed by atoms with Gasteiger partial charge in [-0.3, -0.25) is 9.69 Å². The zero-order chi connectivity index (χ0) is 17.3. The molecule has 1 aliphatic rings. The van der Waals surface area contributed by atoms with Crippen LogP contribution in [0.5, 0.6) is 0 Å². The largest absolute Gasteiger partial charge is 0.380 e. The Morgan fingerprint density at radius 2 is 2.08 bits per heavy atom. The first-order chi connectivity index (χ1) is 11.5. The predicted molar refractivity (Wildman–Crippen MR) is 92.0 cm³/mol. The van der Waals surface area contributed by atoms with E-state index < -0.39 is 0 Å². The molecule has 0 radical (unpaired) electrons. The summed E-state index contributed by atoms with van der Waals surface area (Å²) in [4.78, 5) is 13.9. The SMILES string of the molecule is CNC(=O)C[C@H]1CC[C@@H](CNc2c(C)c(C)nn3cnnc23)N1C. The first-order valence-electron chi connectivity index (χ1n) is 8.35. The highest BCUT2D eigenvalue weighted by atomic mass is 16.1. The van der Waals surface area contributed by atoms with Crippen molar-refractivity contribution in [3.8, 4) is 0 Å². The number of likely N-dealkylation sites (N-methyl/N-ethyl adjacent to an activating group) is 1. The van der Waals surface area contributed by atoms with Crippen LogP contribution in [0.25, 0.3) is 5.65 Å². The van der Waals surface area contributed by atoms with Crippen molar-refractivity contribution in [1.29, 1.82) is 0 Å². The molecule has 8 nitrogen and oxygen atoms in total. The molecule has 0 aromatic carbocycles. The molecule has 3 heterocycles. The van der Waals surface area contributed by atoms with Crippen LogP contribution in [0.1, 0.15) is 30.5 Å². The number of anilines is 1. The van der Waals surface area contributed by atoms with Gasteiger partial charge in [0, 0.05) is 32.1 Å². The maximum absolute atomic E-state index is 11.6. The molecule has 2 aromatic heterocycles. The number of aryl methyl sites for hydroxylation is 1. The van der Waals surface area contributed by atoms with Crippen molar-refractivity contribution in [3.63, 3.8) is 0 Å². The van der Waals surface area contributed by atoms with E-state index in [0.717, 1.165) is 42.0 Å². The van der Waals surface area contributed by atoms with Gasteiger partial charge in [-0.05, 0) is 39.3 Å². The standard InChI is InChI=1S/C16H25N7O/c1-10-11(2)21-23-9-19-20-16(23)15(10)18-8-13-6-5-12(22(13)4)7-14(24)17-3/h9,12-13,18H,5-8H2,1-4H3,(H,17,24)/t12-,13+/m1/s1. The Hall–Kier alpha value is -2.22. The minimum atomic E-state index is 0.103. The summed E-state index contributed by atoms with van der Waals surface area (Å²) in [6.07, 6.45) is 4.31. The third-order valence-corrected chi connectivity index (χ3v) is 5.13. The first-order valence-corrected chi connectivity index (χ1v) is 8.35. The van der Waals surface area contributed by atoms with Crippen LogP contribution in [-0.4, -0.2) is 63.3 Å². The van der Waals surface area contributed by atoms with Gasteiger partial charge < -0.3 is 10.6 Å². The van der Waals surface area contributed by atoms with Gasteiger partial charge in [-0.15, -0.1) is 10.2 Å². The van der Waals surface area contributed by atoms with Gasteiger partial charge in [0.05, 0.1) is 11.4 Å². The number of amides is 1. The number of carbonyl (C=O) groups is 1. The minimum Gasteiger partial charge on any atom is -0.380 e. The lowest BCUT2D eigenvalue weighted by Gasteiger charge is -2.26. The molecule has 3 rings (SSSR count). The van der Waals surface area contributed by atoms with Crippen molar-refractivity contribution in [2.45, 2.75) is 45.2 Å². The summed E-state index contributed by atoms with van der Waals surface area (Å²) in [5.41, 5.74) is 3.80. The second-order valence-corrected chi connectivity index (χ2v) is 6.49. The highest BCUT2D eigenvalue weighted by Gasteiger charge is 2.31. The number of rotatable bonds is 5. The Morgan fingerprint density at radius 3 is 2.83 bits per heavy atom. The monoisotopic (exact) mass is 331 g/mol. The van der Waals surface area contributed by atoms with Gasteiger partial charge in [0.1, 0.15) is 6.33 Å². The van der Waals surface area contributed by atoms with Gasteiger partial charge in [-0.1, -0.05) is 0 Å². The maximum Gasteiger partial charge on any atom is 0.221 e. The molecule has 1 fully saturated rings. The highest BCUT2D eigenvalue weighted by molar-refractivity contribution is 5.76. The molecule has 1 amide bonds. The minimum absolute atomic E-state index is 0.103. The normalized spacial score (nSPS) is 21.3. The Kier molecular flexibility index (Phi) is 4.66. The fourth-order valence-corrected chi connectivity index (χ4v) is 3.38. The van der Waals surface area contributed by atoms with Gasteiger partial charge >= 0.3 is 0 Å². The summed E-state index contributed by atoms with van der Waals surface area (Å²) in [5.74, 6) is 0.103. The Morgan fingerprint density at radius 1 is 1.33 bits per heavy atom. The fraction of sp³-hybridized carbons (Fsp3) is 0.625. The van der Waals surface area contributed by atoms with Crippen LogP contribution in [-0.2, 0) is 4.79 Å². The lowest BCUT2D eigenvalue weighted by atomic mass is 10.1. The summed E-state index contributed by atoms with van der Waals surface area (Å²) >= 11 is 0. The van der Waals surface area contributed by atoms with E-state index in [1.165, 1.54) is 0 Å². The lowest BCUT2D eigenvalue weighted by molar-refractivity contribution is -0.121. The molecule has 2 atom stereocenters. The number of nitrogens with zero attached hydrogens (tertiary/aromatic N) is 5. The second kappa shape index (κ2) is 6.72. The number of likely N-dealkylation sites (tertiary alicyclic amines) is 1. The van der Waals surface area contributed by atoms with Crippen molar-refractivity contribution in [2.75, 3.05) is 26.0 Å². The molecular weight excluding hydrogens is 306 g/mol. The van der Waals surface area contributed by atoms with E-state index in [0.29, 0.717) is 18.5 Å². The van der Waals surface area contributed by atoms with Gasteiger partial charge in [0.15, 0.2) is 0 Å². The molecule has 2 N–H and O–H groups in total. The molecule has 0 bridgehead atoms. The second-order valence-electron chi connectivity index (χ2n) is 6.49. The molecule has 1 aliphatic heterocycles. The van der Waals surface area contributed by atoms with Crippen LogP contribution in [0, 0.1) is 13.8 Å². The van der Waals surface area contributed by atoms with Crippen molar-refractivity contribution >= 4 is 17.2 Å². The fourth-order valence-electron chi connectivity index (χ4n) is 3.38. The lowest BCUT2D eigenvalue weighted by Crippen LogP contribution is -2.39. The van der Waals surface area contributed by atoms with Crippen LogP contribution in [0.3, 0.4) is 0 Å². The number of fused-ring (bicyclic) bond motifs is 1. The Labute approximate surface area is 141 Å². The van der Waals surface area contributed by atoms with Crippen LogP contribution < -0.4 is 10.6 Å². The van der Waals surface area contributed by atoms with Crippen LogP contribution in [0.2, 0.25) is 0 Å². The van der Waals surface area contributed by atoms with E-state index in [1.807, 2.05) is 13.8 Å². The Bertz CT molecular complexity index is 741. The van der Waals surface area contributed by atoms with Crippen molar-refractivity contribution in [3.05, 3.63) is 17.6 Å². The highest BCUT2D eigenvalue weighted by Crippen LogP contribution is 2.26. The molecule has 2 aromatic rings. The molecule has 0 unspecified atom stereocenters.